The van der Waals surface area contributed by atoms with Crippen LogP contribution in [0.5, 0.6) is 0 Å². The highest BCUT2D eigenvalue weighted by molar-refractivity contribution is 7.09. The first-order valence-electron chi connectivity index (χ1n) is 5.76. The molecular formula is C12H19NOS. The summed E-state index contributed by atoms with van der Waals surface area (Å²) in [5, 5.41) is 5.49. The molecule has 0 saturated heterocycles. The van der Waals surface area contributed by atoms with Gasteiger partial charge < -0.3 is 10.1 Å². The summed E-state index contributed by atoms with van der Waals surface area (Å²) in [6.45, 7) is 3.73. The summed E-state index contributed by atoms with van der Waals surface area (Å²) in [4.78, 5) is 1.40. The highest BCUT2D eigenvalue weighted by Crippen LogP contribution is 2.31. The first-order valence-corrected chi connectivity index (χ1v) is 6.64. The van der Waals surface area contributed by atoms with Crippen molar-refractivity contribution in [2.24, 2.45) is 5.92 Å². The fourth-order valence-corrected chi connectivity index (χ4v) is 2.20. The molecule has 1 fully saturated rings. The van der Waals surface area contributed by atoms with Gasteiger partial charge in [0.25, 0.3) is 0 Å². The van der Waals surface area contributed by atoms with E-state index in [9.17, 15) is 0 Å². The topological polar surface area (TPSA) is 21.3 Å². The third-order valence-electron chi connectivity index (χ3n) is 2.67. The van der Waals surface area contributed by atoms with E-state index < -0.39 is 0 Å². The van der Waals surface area contributed by atoms with Gasteiger partial charge in [-0.15, -0.1) is 11.3 Å². The number of hydrogen-bond acceptors (Lipinski definition) is 3. The summed E-state index contributed by atoms with van der Waals surface area (Å²) in [5.74, 6) is 0.990. The Hall–Kier alpha value is -0.380. The molecular weight excluding hydrogens is 206 g/mol. The van der Waals surface area contributed by atoms with Crippen molar-refractivity contribution in [3.8, 4) is 0 Å². The van der Waals surface area contributed by atoms with Gasteiger partial charge in [0.2, 0.25) is 0 Å². The monoisotopic (exact) mass is 225 g/mol. The summed E-state index contributed by atoms with van der Waals surface area (Å²) in [6, 6.07) is 4.25. The molecule has 3 heteroatoms. The smallest absolute Gasteiger partial charge is 0.0591 e. The Balaban J connectivity index is 1.38. The molecule has 2 nitrogen and oxygen atoms in total. The summed E-state index contributed by atoms with van der Waals surface area (Å²) in [6.07, 6.45) is 4.13. The van der Waals surface area contributed by atoms with Crippen molar-refractivity contribution in [2.45, 2.75) is 25.8 Å². The second kappa shape index (κ2) is 6.26. The van der Waals surface area contributed by atoms with Crippen molar-refractivity contribution in [1.29, 1.82) is 0 Å². The van der Waals surface area contributed by atoms with Gasteiger partial charge in [-0.25, -0.2) is 0 Å². The summed E-state index contributed by atoms with van der Waals surface area (Å²) in [5.41, 5.74) is 0. The zero-order chi connectivity index (χ0) is 10.3. The summed E-state index contributed by atoms with van der Waals surface area (Å²) < 4.78 is 5.54. The van der Waals surface area contributed by atoms with E-state index in [2.05, 4.69) is 22.8 Å². The molecule has 0 unspecified atom stereocenters. The minimum Gasteiger partial charge on any atom is -0.380 e. The van der Waals surface area contributed by atoms with E-state index in [0.717, 1.165) is 32.2 Å². The Bertz CT molecular complexity index is 257. The quantitative estimate of drug-likeness (QED) is 0.687. The van der Waals surface area contributed by atoms with E-state index in [-0.39, 0.29) is 0 Å². The molecule has 0 aromatic carbocycles. The SMILES string of the molecule is c1csc(CNCCOCCC2CC2)c1. The molecule has 1 heterocycles. The third kappa shape index (κ3) is 4.78. The van der Waals surface area contributed by atoms with Crippen LogP contribution in [-0.2, 0) is 11.3 Å². The lowest BCUT2D eigenvalue weighted by Crippen LogP contribution is -2.19. The standard InChI is InChI=1S/C12H19NOS/c1-2-12(15-9-1)10-13-6-8-14-7-5-11-3-4-11/h1-2,9,11,13H,3-8,10H2. The summed E-state index contributed by atoms with van der Waals surface area (Å²) >= 11 is 1.80. The Kier molecular flexibility index (Phi) is 4.64. The maximum absolute atomic E-state index is 5.54. The molecule has 0 amide bonds. The van der Waals surface area contributed by atoms with Crippen molar-refractivity contribution in [1.82, 2.24) is 5.32 Å². The molecule has 0 spiro atoms. The molecule has 0 radical (unpaired) electrons. The van der Waals surface area contributed by atoms with E-state index in [0.29, 0.717) is 0 Å². The molecule has 0 aliphatic heterocycles. The Morgan fingerprint density at radius 2 is 2.33 bits per heavy atom. The minimum absolute atomic E-state index is 0.845. The molecule has 0 bridgehead atoms. The van der Waals surface area contributed by atoms with Crippen molar-refractivity contribution in [3.05, 3.63) is 22.4 Å². The van der Waals surface area contributed by atoms with Gasteiger partial charge in [0, 0.05) is 24.6 Å². The van der Waals surface area contributed by atoms with Crippen molar-refractivity contribution < 1.29 is 4.74 Å². The van der Waals surface area contributed by atoms with Gasteiger partial charge in [-0.05, 0) is 23.8 Å². The number of thiophene rings is 1. The fourth-order valence-electron chi connectivity index (χ4n) is 1.53. The highest BCUT2D eigenvalue weighted by Gasteiger charge is 2.20. The molecule has 2 rings (SSSR count). The molecule has 84 valence electrons. The van der Waals surface area contributed by atoms with Crippen LogP contribution in [0.3, 0.4) is 0 Å². The van der Waals surface area contributed by atoms with Gasteiger partial charge in [-0.1, -0.05) is 18.9 Å². The van der Waals surface area contributed by atoms with Crippen LogP contribution in [0.4, 0.5) is 0 Å². The second-order valence-corrected chi connectivity index (χ2v) is 5.13. The second-order valence-electron chi connectivity index (χ2n) is 4.10. The van der Waals surface area contributed by atoms with Crippen LogP contribution in [0.25, 0.3) is 0 Å². The van der Waals surface area contributed by atoms with E-state index in [1.54, 1.807) is 11.3 Å². The molecule has 0 atom stereocenters. The number of rotatable bonds is 8. The molecule has 15 heavy (non-hydrogen) atoms. The highest BCUT2D eigenvalue weighted by atomic mass is 32.1. The first-order chi connectivity index (χ1) is 7.45. The van der Waals surface area contributed by atoms with Crippen molar-refractivity contribution >= 4 is 11.3 Å². The van der Waals surface area contributed by atoms with Gasteiger partial charge >= 0.3 is 0 Å². The molecule has 1 aromatic rings. The van der Waals surface area contributed by atoms with E-state index in [1.165, 1.54) is 24.1 Å². The lowest BCUT2D eigenvalue weighted by molar-refractivity contribution is 0.130. The van der Waals surface area contributed by atoms with E-state index >= 15 is 0 Å². The van der Waals surface area contributed by atoms with Gasteiger partial charge in [0.15, 0.2) is 0 Å². The zero-order valence-electron chi connectivity index (χ0n) is 9.08. The van der Waals surface area contributed by atoms with Crippen LogP contribution in [-0.4, -0.2) is 19.8 Å². The molecule has 1 N–H and O–H groups in total. The normalized spacial score (nSPS) is 15.7. The number of ether oxygens (including phenoxy) is 1. The van der Waals surface area contributed by atoms with E-state index in [4.69, 9.17) is 4.74 Å². The Labute approximate surface area is 95.6 Å². The van der Waals surface area contributed by atoms with Crippen LogP contribution < -0.4 is 5.32 Å². The molecule has 1 aliphatic rings. The van der Waals surface area contributed by atoms with Gasteiger partial charge in [-0.2, -0.15) is 0 Å². The summed E-state index contributed by atoms with van der Waals surface area (Å²) in [7, 11) is 0. The van der Waals surface area contributed by atoms with Gasteiger partial charge in [0.1, 0.15) is 0 Å². The zero-order valence-corrected chi connectivity index (χ0v) is 9.89. The maximum Gasteiger partial charge on any atom is 0.0591 e. The van der Waals surface area contributed by atoms with Crippen LogP contribution in [0, 0.1) is 5.92 Å². The largest absolute Gasteiger partial charge is 0.380 e. The first kappa shape index (κ1) is 11.1. The lowest BCUT2D eigenvalue weighted by atomic mass is 10.3. The average molecular weight is 225 g/mol. The average Bonchev–Trinajstić information content (AvgIpc) is 2.92. The minimum atomic E-state index is 0.845. The van der Waals surface area contributed by atoms with Crippen LogP contribution in [0.15, 0.2) is 17.5 Å². The van der Waals surface area contributed by atoms with Gasteiger partial charge in [0.05, 0.1) is 6.61 Å². The van der Waals surface area contributed by atoms with Gasteiger partial charge in [-0.3, -0.25) is 0 Å². The lowest BCUT2D eigenvalue weighted by Gasteiger charge is -2.04. The Morgan fingerprint density at radius 3 is 3.07 bits per heavy atom. The van der Waals surface area contributed by atoms with Crippen LogP contribution >= 0.6 is 11.3 Å². The molecule has 1 aromatic heterocycles. The fraction of sp³-hybridized carbons (Fsp3) is 0.667. The predicted octanol–water partition coefficient (Wildman–Crippen LogP) is 2.65. The van der Waals surface area contributed by atoms with Crippen LogP contribution in [0.2, 0.25) is 0 Å². The van der Waals surface area contributed by atoms with Crippen LogP contribution in [0.1, 0.15) is 24.1 Å². The Morgan fingerprint density at radius 1 is 1.40 bits per heavy atom. The number of hydrogen-bond donors (Lipinski definition) is 1. The van der Waals surface area contributed by atoms with E-state index in [1.807, 2.05) is 0 Å². The maximum atomic E-state index is 5.54. The van der Waals surface area contributed by atoms with Crippen molar-refractivity contribution in [2.75, 3.05) is 19.8 Å². The van der Waals surface area contributed by atoms with Crippen molar-refractivity contribution in [3.63, 3.8) is 0 Å². The molecule has 1 aliphatic carbocycles. The third-order valence-corrected chi connectivity index (χ3v) is 3.55. The predicted molar refractivity (Wildman–Crippen MR) is 64.2 cm³/mol. The number of nitrogens with one attached hydrogen (secondary N) is 1. The molecule has 1 saturated carbocycles.